The van der Waals surface area contributed by atoms with Gasteiger partial charge in [-0.15, -0.1) is 0 Å². The van der Waals surface area contributed by atoms with Crippen LogP contribution in [0, 0.1) is 6.92 Å². The summed E-state index contributed by atoms with van der Waals surface area (Å²) in [6.45, 7) is 3.77. The number of benzene rings is 1. The molecule has 0 radical (unpaired) electrons. The summed E-state index contributed by atoms with van der Waals surface area (Å²) in [7, 11) is 1.72. The Hall–Kier alpha value is -2.10. The minimum Gasteiger partial charge on any atom is -0.399 e. The Kier molecular flexibility index (Phi) is 2.71. The van der Waals surface area contributed by atoms with Crippen LogP contribution in [-0.2, 0) is 4.79 Å². The van der Waals surface area contributed by atoms with Gasteiger partial charge in [-0.3, -0.25) is 9.69 Å². The zero-order chi connectivity index (χ0) is 12.6. The first-order valence-corrected chi connectivity index (χ1v) is 5.40. The van der Waals surface area contributed by atoms with E-state index in [1.54, 1.807) is 18.0 Å². The van der Waals surface area contributed by atoms with Crippen LogP contribution in [0.1, 0.15) is 18.1 Å². The number of nitrogens with two attached hydrogens (primary N) is 1. The van der Waals surface area contributed by atoms with Crippen LogP contribution in [0.15, 0.2) is 28.9 Å². The molecule has 0 saturated heterocycles. The Labute approximate surface area is 100 Å². The molecule has 2 rings (SSSR count). The van der Waals surface area contributed by atoms with Gasteiger partial charge in [0.25, 0.3) is 5.91 Å². The lowest BCUT2D eigenvalue weighted by atomic mass is 10.1. The van der Waals surface area contributed by atoms with Gasteiger partial charge >= 0.3 is 0 Å². The van der Waals surface area contributed by atoms with Gasteiger partial charge in [-0.25, -0.2) is 4.99 Å². The Morgan fingerprint density at radius 3 is 2.59 bits per heavy atom. The zero-order valence-electron chi connectivity index (χ0n) is 10.2. The number of nitrogen functional groups attached to an aromatic ring is 1. The van der Waals surface area contributed by atoms with Crippen molar-refractivity contribution in [1.29, 1.82) is 0 Å². The van der Waals surface area contributed by atoms with Crippen LogP contribution in [0.2, 0.25) is 0 Å². The molecule has 0 fully saturated rings. The van der Waals surface area contributed by atoms with Crippen molar-refractivity contribution in [2.75, 3.05) is 12.8 Å². The van der Waals surface area contributed by atoms with E-state index in [4.69, 9.17) is 5.73 Å². The van der Waals surface area contributed by atoms with E-state index < -0.39 is 0 Å². The molecule has 4 heteroatoms. The highest BCUT2D eigenvalue weighted by Crippen LogP contribution is 2.20. The average Bonchev–Trinajstić information content (AvgIpc) is 2.50. The molecule has 0 spiro atoms. The van der Waals surface area contributed by atoms with Gasteiger partial charge in [0.05, 0.1) is 0 Å². The molecule has 0 atom stereocenters. The number of anilines is 1. The molecule has 2 N–H and O–H groups in total. The van der Waals surface area contributed by atoms with E-state index in [9.17, 15) is 4.79 Å². The minimum atomic E-state index is -0.0706. The summed E-state index contributed by atoms with van der Waals surface area (Å²) in [4.78, 5) is 17.6. The summed E-state index contributed by atoms with van der Waals surface area (Å²) in [6, 6.07) is 5.60. The molecule has 0 saturated carbocycles. The Morgan fingerprint density at radius 2 is 2.06 bits per heavy atom. The number of hydrogen-bond donors (Lipinski definition) is 1. The third-order valence-electron chi connectivity index (χ3n) is 2.88. The lowest BCUT2D eigenvalue weighted by Gasteiger charge is -2.06. The highest BCUT2D eigenvalue weighted by molar-refractivity contribution is 6.13. The van der Waals surface area contributed by atoms with Crippen LogP contribution in [-0.4, -0.2) is 23.7 Å². The highest BCUT2D eigenvalue weighted by atomic mass is 16.2. The van der Waals surface area contributed by atoms with Crippen molar-refractivity contribution < 1.29 is 4.79 Å². The van der Waals surface area contributed by atoms with E-state index in [2.05, 4.69) is 4.99 Å². The van der Waals surface area contributed by atoms with E-state index in [1.807, 2.05) is 32.0 Å². The van der Waals surface area contributed by atoms with Crippen molar-refractivity contribution in [2.45, 2.75) is 13.8 Å². The third-order valence-corrected chi connectivity index (χ3v) is 2.88. The van der Waals surface area contributed by atoms with E-state index >= 15 is 0 Å². The molecule has 0 bridgehead atoms. The van der Waals surface area contributed by atoms with Crippen molar-refractivity contribution in [3.63, 3.8) is 0 Å². The standard InChI is InChI=1S/C13H15N3O/c1-8-6-11(14)5-4-10(8)7-12-13(17)16(3)9(2)15-12/h4-7H,14H2,1-3H3/b12-7-. The van der Waals surface area contributed by atoms with E-state index in [0.29, 0.717) is 11.5 Å². The molecule has 1 amide bonds. The number of carbonyl (C=O) groups excluding carboxylic acids is 1. The summed E-state index contributed by atoms with van der Waals surface area (Å²) in [6.07, 6.45) is 1.80. The number of nitrogens with zero attached hydrogens (tertiary/aromatic N) is 2. The topological polar surface area (TPSA) is 58.7 Å². The van der Waals surface area contributed by atoms with Gasteiger partial charge in [-0.2, -0.15) is 0 Å². The van der Waals surface area contributed by atoms with Crippen molar-refractivity contribution in [3.8, 4) is 0 Å². The molecule has 1 aliphatic heterocycles. The maximum Gasteiger partial charge on any atom is 0.277 e. The average molecular weight is 229 g/mol. The van der Waals surface area contributed by atoms with Crippen LogP contribution in [0.25, 0.3) is 6.08 Å². The Balaban J connectivity index is 2.41. The molecule has 88 valence electrons. The van der Waals surface area contributed by atoms with Crippen molar-refractivity contribution >= 4 is 23.5 Å². The molecular weight excluding hydrogens is 214 g/mol. The number of likely N-dealkylation sites (N-methyl/N-ethyl adjacent to an activating group) is 1. The molecular formula is C13H15N3O. The highest BCUT2D eigenvalue weighted by Gasteiger charge is 2.23. The van der Waals surface area contributed by atoms with E-state index in [0.717, 1.165) is 16.8 Å². The normalized spacial score (nSPS) is 17.8. The monoisotopic (exact) mass is 229 g/mol. The van der Waals surface area contributed by atoms with Crippen LogP contribution >= 0.6 is 0 Å². The fourth-order valence-electron chi connectivity index (χ4n) is 1.72. The van der Waals surface area contributed by atoms with Gasteiger partial charge in [-0.1, -0.05) is 6.07 Å². The second kappa shape index (κ2) is 4.05. The van der Waals surface area contributed by atoms with Gasteiger partial charge in [0, 0.05) is 12.7 Å². The summed E-state index contributed by atoms with van der Waals surface area (Å²) in [5.74, 6) is 0.646. The van der Waals surface area contributed by atoms with Crippen LogP contribution in [0.3, 0.4) is 0 Å². The Morgan fingerprint density at radius 1 is 1.35 bits per heavy atom. The molecule has 0 unspecified atom stereocenters. The number of amides is 1. The van der Waals surface area contributed by atoms with Crippen molar-refractivity contribution in [2.24, 2.45) is 4.99 Å². The first-order valence-electron chi connectivity index (χ1n) is 5.40. The molecule has 0 aliphatic carbocycles. The van der Waals surface area contributed by atoms with Crippen LogP contribution in [0.5, 0.6) is 0 Å². The first-order chi connectivity index (χ1) is 7.99. The van der Waals surface area contributed by atoms with Gasteiger partial charge < -0.3 is 5.73 Å². The molecule has 1 aromatic carbocycles. The van der Waals surface area contributed by atoms with E-state index in [-0.39, 0.29) is 5.91 Å². The summed E-state index contributed by atoms with van der Waals surface area (Å²) < 4.78 is 0. The number of amidine groups is 1. The maximum absolute atomic E-state index is 11.8. The van der Waals surface area contributed by atoms with Gasteiger partial charge in [0.2, 0.25) is 0 Å². The largest absolute Gasteiger partial charge is 0.399 e. The molecule has 17 heavy (non-hydrogen) atoms. The molecule has 1 heterocycles. The number of aryl methyl sites for hydroxylation is 1. The number of aliphatic imine (C=N–C) groups is 1. The summed E-state index contributed by atoms with van der Waals surface area (Å²) >= 11 is 0. The van der Waals surface area contributed by atoms with Gasteiger partial charge in [-0.05, 0) is 43.2 Å². The smallest absolute Gasteiger partial charge is 0.277 e. The number of rotatable bonds is 1. The molecule has 1 aromatic rings. The third kappa shape index (κ3) is 2.06. The van der Waals surface area contributed by atoms with Crippen molar-refractivity contribution in [1.82, 2.24) is 4.90 Å². The van der Waals surface area contributed by atoms with Gasteiger partial charge in [0.1, 0.15) is 11.5 Å². The molecule has 4 nitrogen and oxygen atoms in total. The predicted molar refractivity (Wildman–Crippen MR) is 69.4 cm³/mol. The number of hydrogen-bond acceptors (Lipinski definition) is 3. The van der Waals surface area contributed by atoms with Gasteiger partial charge in [0.15, 0.2) is 0 Å². The second-order valence-corrected chi connectivity index (χ2v) is 4.17. The van der Waals surface area contributed by atoms with Crippen LogP contribution in [0.4, 0.5) is 5.69 Å². The molecule has 0 aromatic heterocycles. The fourth-order valence-corrected chi connectivity index (χ4v) is 1.72. The van der Waals surface area contributed by atoms with Crippen LogP contribution < -0.4 is 5.73 Å². The van der Waals surface area contributed by atoms with E-state index in [1.165, 1.54) is 0 Å². The molecule has 1 aliphatic rings. The lowest BCUT2D eigenvalue weighted by Crippen LogP contribution is -2.25. The Bertz CT molecular complexity index is 544. The zero-order valence-corrected chi connectivity index (χ0v) is 10.2. The summed E-state index contributed by atoms with van der Waals surface area (Å²) in [5.41, 5.74) is 8.88. The predicted octanol–water partition coefficient (Wildman–Crippen LogP) is 1.81. The minimum absolute atomic E-state index is 0.0706. The maximum atomic E-state index is 11.8. The first kappa shape index (κ1) is 11.4. The lowest BCUT2D eigenvalue weighted by molar-refractivity contribution is -0.121. The SMILES string of the molecule is CC1=N/C(=C\c2ccc(N)cc2C)C(=O)N1C. The quantitative estimate of drug-likeness (QED) is 0.589. The fraction of sp³-hybridized carbons (Fsp3) is 0.231. The number of carbonyl (C=O) groups is 1. The second-order valence-electron chi connectivity index (χ2n) is 4.17. The van der Waals surface area contributed by atoms with Crippen molar-refractivity contribution in [3.05, 3.63) is 35.0 Å². The summed E-state index contributed by atoms with van der Waals surface area (Å²) in [5, 5.41) is 0.